The van der Waals surface area contributed by atoms with Crippen LogP contribution in [0.3, 0.4) is 0 Å². The van der Waals surface area contributed by atoms with Gasteiger partial charge >= 0.3 is 5.97 Å². The summed E-state index contributed by atoms with van der Waals surface area (Å²) < 4.78 is 1.73. The van der Waals surface area contributed by atoms with Crippen molar-refractivity contribution >= 4 is 5.97 Å². The van der Waals surface area contributed by atoms with Gasteiger partial charge in [0, 0.05) is 5.41 Å². The molecule has 1 N–H and O–H groups in total. The summed E-state index contributed by atoms with van der Waals surface area (Å²) >= 11 is 0. The Morgan fingerprint density at radius 2 is 1.90 bits per heavy atom. The minimum absolute atomic E-state index is 0.145. The summed E-state index contributed by atoms with van der Waals surface area (Å²) in [4.78, 5) is 11.9. The van der Waals surface area contributed by atoms with E-state index in [1.807, 2.05) is 0 Å². The van der Waals surface area contributed by atoms with Crippen LogP contribution in [0, 0.1) is 5.41 Å². The second-order valence-electron chi connectivity index (χ2n) is 6.90. The molecule has 1 aliphatic carbocycles. The molecule has 0 aliphatic heterocycles. The maximum atomic E-state index is 11.9. The Morgan fingerprint density at radius 1 is 1.29 bits per heavy atom. The Morgan fingerprint density at radius 3 is 2.43 bits per heavy atom. The Hall–Kier alpha value is -1.46. The predicted octanol–water partition coefficient (Wildman–Crippen LogP) is 2.79. The summed E-state index contributed by atoms with van der Waals surface area (Å²) in [5, 5.41) is 21.8. The molecule has 2 rings (SSSR count). The summed E-state index contributed by atoms with van der Waals surface area (Å²) in [5.41, 5.74) is -0.863. The molecule has 1 saturated carbocycles. The van der Waals surface area contributed by atoms with Crippen molar-refractivity contribution in [2.75, 3.05) is 0 Å². The SMILES string of the molecule is CCC(C)(C)c1nnnn1CC1(C(=O)O)CCCCCC1. The fourth-order valence-electron chi connectivity index (χ4n) is 3.09. The van der Waals surface area contributed by atoms with Gasteiger partial charge in [0.2, 0.25) is 0 Å². The standard InChI is InChI=1S/C15H26N4O2/c1-4-14(2,3)12-16-17-18-19(12)11-15(13(20)21)9-7-5-6-8-10-15/h4-11H2,1-3H3,(H,20,21). The lowest BCUT2D eigenvalue weighted by molar-refractivity contribution is -0.151. The van der Waals surface area contributed by atoms with Crippen molar-refractivity contribution in [1.29, 1.82) is 0 Å². The van der Waals surface area contributed by atoms with Crippen LogP contribution in [-0.2, 0) is 16.8 Å². The molecule has 0 saturated heterocycles. The summed E-state index contributed by atoms with van der Waals surface area (Å²) in [5.74, 6) is 0.0787. The fourth-order valence-corrected chi connectivity index (χ4v) is 3.09. The van der Waals surface area contributed by atoms with E-state index in [9.17, 15) is 9.90 Å². The number of carboxylic acids is 1. The van der Waals surface area contributed by atoms with Crippen molar-refractivity contribution in [3.05, 3.63) is 5.82 Å². The van der Waals surface area contributed by atoms with Crippen LogP contribution in [0.4, 0.5) is 0 Å². The highest BCUT2D eigenvalue weighted by atomic mass is 16.4. The Labute approximate surface area is 125 Å². The Kier molecular flexibility index (Phi) is 4.64. The van der Waals surface area contributed by atoms with E-state index in [1.54, 1.807) is 4.68 Å². The maximum absolute atomic E-state index is 11.9. The largest absolute Gasteiger partial charge is 0.481 e. The smallest absolute Gasteiger partial charge is 0.311 e. The molecule has 0 spiro atoms. The quantitative estimate of drug-likeness (QED) is 0.844. The first kappa shape index (κ1) is 15.9. The molecule has 0 aromatic carbocycles. The third-order valence-electron chi connectivity index (χ3n) is 4.99. The van der Waals surface area contributed by atoms with E-state index in [2.05, 4.69) is 36.3 Å². The molecule has 0 radical (unpaired) electrons. The van der Waals surface area contributed by atoms with Gasteiger partial charge in [-0.15, -0.1) is 5.10 Å². The lowest BCUT2D eigenvalue weighted by Gasteiger charge is -2.30. The van der Waals surface area contributed by atoms with Crippen molar-refractivity contribution in [2.45, 2.75) is 77.7 Å². The first-order valence-corrected chi connectivity index (χ1v) is 7.91. The number of rotatable bonds is 5. The third-order valence-corrected chi connectivity index (χ3v) is 4.99. The molecule has 0 bridgehead atoms. The molecule has 118 valence electrons. The highest BCUT2D eigenvalue weighted by Gasteiger charge is 2.41. The van der Waals surface area contributed by atoms with Crippen LogP contribution in [0.5, 0.6) is 0 Å². The van der Waals surface area contributed by atoms with Crippen LogP contribution >= 0.6 is 0 Å². The number of carboxylic acid groups (broad SMARTS) is 1. The molecule has 1 aromatic rings. The van der Waals surface area contributed by atoms with E-state index in [1.165, 1.54) is 0 Å². The average molecular weight is 294 g/mol. The number of hydrogen-bond donors (Lipinski definition) is 1. The van der Waals surface area contributed by atoms with Crippen LogP contribution in [-0.4, -0.2) is 31.3 Å². The van der Waals surface area contributed by atoms with Gasteiger partial charge in [-0.25, -0.2) is 4.68 Å². The molecule has 6 heteroatoms. The minimum Gasteiger partial charge on any atom is -0.481 e. The second kappa shape index (κ2) is 6.12. The summed E-state index contributed by atoms with van der Waals surface area (Å²) in [6, 6.07) is 0. The van der Waals surface area contributed by atoms with E-state index in [-0.39, 0.29) is 5.41 Å². The van der Waals surface area contributed by atoms with Gasteiger partial charge in [-0.1, -0.05) is 46.5 Å². The lowest BCUT2D eigenvalue weighted by Crippen LogP contribution is -2.37. The molecule has 0 unspecified atom stereocenters. The van der Waals surface area contributed by atoms with Gasteiger partial charge < -0.3 is 5.11 Å². The van der Waals surface area contributed by atoms with Crippen molar-refractivity contribution in [1.82, 2.24) is 20.2 Å². The van der Waals surface area contributed by atoms with Crippen molar-refractivity contribution in [3.63, 3.8) is 0 Å². The van der Waals surface area contributed by atoms with Gasteiger partial charge in [0.05, 0.1) is 12.0 Å². The number of carbonyl (C=O) groups is 1. The van der Waals surface area contributed by atoms with Crippen LogP contribution in [0.1, 0.15) is 71.5 Å². The average Bonchev–Trinajstić information content (AvgIpc) is 2.77. The van der Waals surface area contributed by atoms with Crippen LogP contribution in [0.25, 0.3) is 0 Å². The van der Waals surface area contributed by atoms with Gasteiger partial charge in [0.1, 0.15) is 0 Å². The molecule has 21 heavy (non-hydrogen) atoms. The third kappa shape index (κ3) is 3.24. The first-order valence-electron chi connectivity index (χ1n) is 7.91. The normalized spacial score (nSPS) is 19.2. The van der Waals surface area contributed by atoms with E-state index >= 15 is 0 Å². The molecular weight excluding hydrogens is 268 g/mol. The van der Waals surface area contributed by atoms with Crippen molar-refractivity contribution in [3.8, 4) is 0 Å². The van der Waals surface area contributed by atoms with Crippen LogP contribution in [0.2, 0.25) is 0 Å². The summed E-state index contributed by atoms with van der Waals surface area (Å²) in [7, 11) is 0. The fraction of sp³-hybridized carbons (Fsp3) is 0.867. The molecule has 1 aromatic heterocycles. The Bertz CT molecular complexity index is 488. The second-order valence-corrected chi connectivity index (χ2v) is 6.90. The van der Waals surface area contributed by atoms with E-state index in [0.29, 0.717) is 19.4 Å². The van der Waals surface area contributed by atoms with Crippen molar-refractivity contribution in [2.24, 2.45) is 5.41 Å². The van der Waals surface area contributed by atoms with E-state index < -0.39 is 11.4 Å². The predicted molar refractivity (Wildman–Crippen MR) is 78.9 cm³/mol. The van der Waals surface area contributed by atoms with E-state index in [4.69, 9.17) is 0 Å². The molecule has 1 fully saturated rings. The van der Waals surface area contributed by atoms with Crippen LogP contribution < -0.4 is 0 Å². The monoisotopic (exact) mass is 294 g/mol. The number of hydrogen-bond acceptors (Lipinski definition) is 4. The molecule has 0 amide bonds. The summed E-state index contributed by atoms with van der Waals surface area (Å²) in [6.07, 6.45) is 6.54. The topological polar surface area (TPSA) is 80.9 Å². The number of aliphatic carboxylic acids is 1. The molecular formula is C15H26N4O2. The molecule has 1 heterocycles. The highest BCUT2D eigenvalue weighted by molar-refractivity contribution is 5.74. The molecule has 1 aliphatic rings. The van der Waals surface area contributed by atoms with Gasteiger partial charge in [0.15, 0.2) is 5.82 Å². The zero-order valence-corrected chi connectivity index (χ0v) is 13.3. The summed E-state index contributed by atoms with van der Waals surface area (Å²) in [6.45, 7) is 6.66. The van der Waals surface area contributed by atoms with E-state index in [0.717, 1.165) is 37.9 Å². The maximum Gasteiger partial charge on any atom is 0.311 e. The highest BCUT2D eigenvalue weighted by Crippen LogP contribution is 2.38. The zero-order valence-electron chi connectivity index (χ0n) is 13.3. The van der Waals surface area contributed by atoms with Crippen LogP contribution in [0.15, 0.2) is 0 Å². The van der Waals surface area contributed by atoms with Gasteiger partial charge in [-0.3, -0.25) is 4.79 Å². The zero-order chi connectivity index (χ0) is 15.5. The number of aromatic nitrogens is 4. The minimum atomic E-state index is -0.718. The van der Waals surface area contributed by atoms with Gasteiger partial charge in [-0.05, 0) is 29.7 Å². The Balaban J connectivity index is 2.30. The number of tetrazole rings is 1. The first-order chi connectivity index (χ1) is 9.91. The number of nitrogens with zero attached hydrogens (tertiary/aromatic N) is 4. The molecule has 0 atom stereocenters. The van der Waals surface area contributed by atoms with Gasteiger partial charge in [0.25, 0.3) is 0 Å². The van der Waals surface area contributed by atoms with Crippen molar-refractivity contribution < 1.29 is 9.90 Å². The van der Waals surface area contributed by atoms with Gasteiger partial charge in [-0.2, -0.15) is 0 Å². The lowest BCUT2D eigenvalue weighted by atomic mass is 9.80. The molecule has 6 nitrogen and oxygen atoms in total.